The molecule has 0 unspecified atom stereocenters. The fourth-order valence-electron chi connectivity index (χ4n) is 4.49. The number of thioether (sulfide) groups is 2. The van der Waals surface area contributed by atoms with Crippen molar-refractivity contribution in [3.05, 3.63) is 41.6 Å². The first kappa shape index (κ1) is 20.0. The number of nitrogens with one attached hydrogen (secondary N) is 1. The summed E-state index contributed by atoms with van der Waals surface area (Å²) in [6.45, 7) is 4.06. The largest absolute Gasteiger partial charge is 0.307 e. The average Bonchev–Trinajstić information content (AvgIpc) is 3.40. The highest BCUT2D eigenvalue weighted by Gasteiger charge is 2.28. The standard InChI is InChI=1S/C21H20N4O2S4/c1-9-10(2)30-19-14(9)16(26)23-21-25(19)11(8-29-21)7-28-20-22-17(27)15-12-5-3-4-6-13(12)31-18(15)24-20/h11H,3-8H2,1-2H3,(H,22,24,27)/t11-/m1/s1. The third-order valence-electron chi connectivity index (χ3n) is 6.19. The first-order valence-electron chi connectivity index (χ1n) is 10.3. The van der Waals surface area contributed by atoms with Crippen molar-refractivity contribution in [1.82, 2.24) is 19.5 Å². The Morgan fingerprint density at radius 2 is 1.97 bits per heavy atom. The van der Waals surface area contributed by atoms with E-state index in [9.17, 15) is 9.59 Å². The van der Waals surface area contributed by atoms with Crippen LogP contribution in [0.15, 0.2) is 19.9 Å². The van der Waals surface area contributed by atoms with Crippen molar-refractivity contribution in [3.63, 3.8) is 0 Å². The number of fused-ring (bicyclic) bond motifs is 6. The summed E-state index contributed by atoms with van der Waals surface area (Å²) in [4.78, 5) is 41.9. The van der Waals surface area contributed by atoms with Gasteiger partial charge in [-0.15, -0.1) is 22.7 Å². The van der Waals surface area contributed by atoms with Gasteiger partial charge >= 0.3 is 0 Å². The van der Waals surface area contributed by atoms with Gasteiger partial charge in [0.2, 0.25) is 0 Å². The van der Waals surface area contributed by atoms with Crippen LogP contribution in [0.25, 0.3) is 20.4 Å². The van der Waals surface area contributed by atoms with Gasteiger partial charge in [0.1, 0.15) is 9.66 Å². The molecule has 10 heteroatoms. The molecule has 0 saturated carbocycles. The van der Waals surface area contributed by atoms with E-state index >= 15 is 0 Å². The maximum Gasteiger partial charge on any atom is 0.282 e. The maximum absolute atomic E-state index is 12.8. The Morgan fingerprint density at radius 1 is 1.13 bits per heavy atom. The highest BCUT2D eigenvalue weighted by atomic mass is 32.2. The van der Waals surface area contributed by atoms with Crippen molar-refractivity contribution in [2.75, 3.05) is 11.5 Å². The summed E-state index contributed by atoms with van der Waals surface area (Å²) in [7, 11) is 0. The van der Waals surface area contributed by atoms with E-state index in [1.165, 1.54) is 16.9 Å². The van der Waals surface area contributed by atoms with Gasteiger partial charge in [0, 0.05) is 21.3 Å². The molecule has 4 aromatic rings. The van der Waals surface area contributed by atoms with Crippen LogP contribution >= 0.6 is 46.2 Å². The number of aromatic amines is 1. The lowest BCUT2D eigenvalue weighted by Gasteiger charge is -2.14. The first-order chi connectivity index (χ1) is 15.0. The molecule has 1 atom stereocenters. The minimum atomic E-state index is -0.123. The molecule has 1 N–H and O–H groups in total. The third-order valence-corrected chi connectivity index (χ3v) is 10.7. The molecule has 0 amide bonds. The van der Waals surface area contributed by atoms with Crippen LogP contribution in [-0.4, -0.2) is 31.0 Å². The molecule has 0 aromatic carbocycles. The van der Waals surface area contributed by atoms with Crippen molar-refractivity contribution in [2.45, 2.75) is 55.9 Å². The molecular formula is C21H20N4O2S4. The van der Waals surface area contributed by atoms with E-state index in [2.05, 4.69) is 21.5 Å². The number of hydrogen-bond acceptors (Lipinski definition) is 8. The molecule has 6 nitrogen and oxygen atoms in total. The number of aryl methyl sites for hydroxylation is 4. The lowest BCUT2D eigenvalue weighted by molar-refractivity contribution is 0.594. The summed E-state index contributed by atoms with van der Waals surface area (Å²) in [6, 6.07) is 0.204. The molecule has 0 radical (unpaired) electrons. The molecule has 160 valence electrons. The fraction of sp³-hybridized carbons (Fsp3) is 0.429. The Bertz CT molecular complexity index is 1480. The van der Waals surface area contributed by atoms with Crippen LogP contribution in [0.3, 0.4) is 0 Å². The van der Waals surface area contributed by atoms with Gasteiger partial charge in [-0.2, -0.15) is 4.98 Å². The molecule has 0 bridgehead atoms. The predicted octanol–water partition coefficient (Wildman–Crippen LogP) is 4.69. The normalized spacial score (nSPS) is 18.1. The SMILES string of the molecule is Cc1sc2c(c1C)c(=O)nc1n2[C@H](CSc2nc3sc4c(c3c(=O)[nH]2)CCCC4)CS1. The second-order valence-corrected chi connectivity index (χ2v) is 12.4. The topological polar surface area (TPSA) is 80.6 Å². The molecule has 4 aromatic heterocycles. The maximum atomic E-state index is 12.8. The Kier molecular flexibility index (Phi) is 4.82. The van der Waals surface area contributed by atoms with Gasteiger partial charge in [-0.05, 0) is 50.7 Å². The van der Waals surface area contributed by atoms with Crippen LogP contribution < -0.4 is 11.1 Å². The van der Waals surface area contributed by atoms with Crippen molar-refractivity contribution in [1.29, 1.82) is 0 Å². The molecular weight excluding hydrogens is 469 g/mol. The number of rotatable bonds is 3. The first-order valence-corrected chi connectivity index (χ1v) is 13.9. The van der Waals surface area contributed by atoms with Gasteiger partial charge in [-0.25, -0.2) is 4.98 Å². The van der Waals surface area contributed by atoms with E-state index in [0.717, 1.165) is 66.8 Å². The lowest BCUT2D eigenvalue weighted by Crippen LogP contribution is -2.17. The molecule has 2 aliphatic rings. The van der Waals surface area contributed by atoms with Gasteiger partial charge in [0.25, 0.3) is 11.1 Å². The minimum absolute atomic E-state index is 0.00897. The van der Waals surface area contributed by atoms with Crippen molar-refractivity contribution in [3.8, 4) is 0 Å². The number of thiophene rings is 2. The Morgan fingerprint density at radius 3 is 2.84 bits per heavy atom. The fourth-order valence-corrected chi connectivity index (χ4v) is 9.31. The molecule has 5 heterocycles. The molecule has 31 heavy (non-hydrogen) atoms. The van der Waals surface area contributed by atoms with E-state index in [-0.39, 0.29) is 17.2 Å². The molecule has 0 spiro atoms. The number of aromatic nitrogens is 4. The van der Waals surface area contributed by atoms with Gasteiger partial charge in [0.05, 0.1) is 16.8 Å². The second kappa shape index (κ2) is 7.47. The molecule has 0 saturated heterocycles. The number of hydrogen-bond donors (Lipinski definition) is 1. The third kappa shape index (κ3) is 3.13. The van der Waals surface area contributed by atoms with Gasteiger partial charge in [-0.1, -0.05) is 23.5 Å². The lowest BCUT2D eigenvalue weighted by atomic mass is 9.97. The summed E-state index contributed by atoms with van der Waals surface area (Å²) >= 11 is 6.58. The minimum Gasteiger partial charge on any atom is -0.307 e. The van der Waals surface area contributed by atoms with Crippen LogP contribution in [0, 0.1) is 13.8 Å². The monoisotopic (exact) mass is 488 g/mol. The van der Waals surface area contributed by atoms with Gasteiger partial charge in [-0.3, -0.25) is 9.59 Å². The highest BCUT2D eigenvalue weighted by Crippen LogP contribution is 2.40. The van der Waals surface area contributed by atoms with Crippen molar-refractivity contribution < 1.29 is 0 Å². The quantitative estimate of drug-likeness (QED) is 0.333. The van der Waals surface area contributed by atoms with Crippen LogP contribution in [0.2, 0.25) is 0 Å². The summed E-state index contributed by atoms with van der Waals surface area (Å²) in [5, 5.41) is 3.03. The number of H-pyrrole nitrogens is 1. The van der Waals surface area contributed by atoms with E-state index in [0.29, 0.717) is 5.16 Å². The zero-order chi connectivity index (χ0) is 21.3. The average molecular weight is 489 g/mol. The van der Waals surface area contributed by atoms with E-state index in [4.69, 9.17) is 4.98 Å². The van der Waals surface area contributed by atoms with Crippen molar-refractivity contribution >= 4 is 66.6 Å². The summed E-state index contributed by atoms with van der Waals surface area (Å²) in [5.41, 5.74) is 2.13. The second-order valence-electron chi connectivity index (χ2n) is 8.07. The Labute approximate surface area is 194 Å². The smallest absolute Gasteiger partial charge is 0.282 e. The van der Waals surface area contributed by atoms with Crippen LogP contribution in [0.4, 0.5) is 0 Å². The van der Waals surface area contributed by atoms with Crippen LogP contribution in [-0.2, 0) is 12.8 Å². The van der Waals surface area contributed by atoms with E-state index in [1.807, 2.05) is 6.92 Å². The highest BCUT2D eigenvalue weighted by molar-refractivity contribution is 8.00. The molecule has 1 aliphatic carbocycles. The van der Waals surface area contributed by atoms with E-state index in [1.54, 1.807) is 46.2 Å². The van der Waals surface area contributed by atoms with E-state index < -0.39 is 0 Å². The molecule has 6 rings (SSSR count). The predicted molar refractivity (Wildman–Crippen MR) is 131 cm³/mol. The zero-order valence-electron chi connectivity index (χ0n) is 17.1. The molecule has 1 aliphatic heterocycles. The number of nitrogens with zero attached hydrogens (tertiary/aromatic N) is 3. The van der Waals surface area contributed by atoms with Gasteiger partial charge < -0.3 is 9.55 Å². The zero-order valence-corrected chi connectivity index (χ0v) is 20.4. The Balaban J connectivity index is 1.34. The Hall–Kier alpha value is -1.62. The van der Waals surface area contributed by atoms with Crippen molar-refractivity contribution in [2.24, 2.45) is 0 Å². The summed E-state index contributed by atoms with van der Waals surface area (Å²) in [5.74, 6) is 1.64. The summed E-state index contributed by atoms with van der Waals surface area (Å²) < 4.78 is 2.22. The van der Waals surface area contributed by atoms with Crippen LogP contribution in [0.1, 0.15) is 39.8 Å². The van der Waals surface area contributed by atoms with Crippen LogP contribution in [0.5, 0.6) is 0 Å². The van der Waals surface area contributed by atoms with Gasteiger partial charge in [0.15, 0.2) is 10.3 Å². The molecule has 0 fully saturated rings. The summed E-state index contributed by atoms with van der Waals surface area (Å²) in [6.07, 6.45) is 4.41.